The number of benzene rings is 3. The van der Waals surface area contributed by atoms with Crippen LogP contribution in [0.2, 0.25) is 10.0 Å². The van der Waals surface area contributed by atoms with Gasteiger partial charge in [0.05, 0.1) is 38.4 Å². The number of alkyl halides is 3. The summed E-state index contributed by atoms with van der Waals surface area (Å²) in [6, 6.07) is 18.8. The second kappa shape index (κ2) is 12.3. The topological polar surface area (TPSA) is 62.2 Å². The Labute approximate surface area is 259 Å². The third-order valence-electron chi connectivity index (χ3n) is 8.01. The van der Waals surface area contributed by atoms with Gasteiger partial charge in [-0.15, -0.1) is 0 Å². The highest BCUT2D eigenvalue weighted by molar-refractivity contribution is 6.34. The van der Waals surface area contributed by atoms with Crippen LogP contribution in [0.1, 0.15) is 37.8 Å². The summed E-state index contributed by atoms with van der Waals surface area (Å²) in [4.78, 5) is 19.4. The summed E-state index contributed by atoms with van der Waals surface area (Å²) in [6.07, 6.45) is -3.06. The Bertz CT molecular complexity index is 1620. The zero-order valence-electron chi connectivity index (χ0n) is 24.2. The maximum absolute atomic E-state index is 13.4. The van der Waals surface area contributed by atoms with Gasteiger partial charge in [-0.1, -0.05) is 73.4 Å². The lowest BCUT2D eigenvalue weighted by atomic mass is 9.85. The van der Waals surface area contributed by atoms with Gasteiger partial charge in [-0.2, -0.15) is 13.2 Å². The van der Waals surface area contributed by atoms with Crippen molar-refractivity contribution in [2.75, 3.05) is 23.3 Å². The van der Waals surface area contributed by atoms with E-state index in [-0.39, 0.29) is 18.9 Å². The quantitative estimate of drug-likeness (QED) is 0.205. The number of fused-ring (bicyclic) bond motifs is 1. The number of hydrogen-bond donors (Lipinski definition) is 2. The molecule has 2 heterocycles. The number of nitrogens with one attached hydrogen (secondary N) is 2. The van der Waals surface area contributed by atoms with Gasteiger partial charge >= 0.3 is 6.18 Å². The highest BCUT2D eigenvalue weighted by Gasteiger charge is 2.42. The molecule has 0 aliphatic carbocycles. The minimum Gasteiger partial charge on any atom is -0.370 e. The molecule has 0 saturated carbocycles. The Hall–Kier alpha value is -3.43. The molecule has 1 unspecified atom stereocenters. The van der Waals surface area contributed by atoms with Crippen molar-refractivity contribution in [2.45, 2.75) is 45.8 Å². The summed E-state index contributed by atoms with van der Waals surface area (Å²) < 4.78 is 42.1. The number of carbonyl (C=O) groups excluding carboxylic acids is 1. The van der Waals surface area contributed by atoms with Crippen molar-refractivity contribution in [1.82, 2.24) is 14.9 Å². The smallest absolute Gasteiger partial charge is 0.370 e. The molecule has 2 N–H and O–H groups in total. The summed E-state index contributed by atoms with van der Waals surface area (Å²) in [6.45, 7) is 4.55. The molecule has 0 spiro atoms. The van der Waals surface area contributed by atoms with Crippen molar-refractivity contribution in [1.29, 1.82) is 0 Å². The maximum atomic E-state index is 13.4. The van der Waals surface area contributed by atoms with Gasteiger partial charge in [-0.3, -0.25) is 4.79 Å². The van der Waals surface area contributed by atoms with Crippen LogP contribution in [-0.2, 0) is 24.8 Å². The molecule has 6 nitrogen and oxygen atoms in total. The van der Waals surface area contributed by atoms with Gasteiger partial charge in [0.25, 0.3) is 0 Å². The number of aromatic nitrogens is 2. The molecule has 3 aromatic carbocycles. The third-order valence-corrected chi connectivity index (χ3v) is 8.64. The minimum atomic E-state index is -4.24. The molecule has 228 valence electrons. The Balaban J connectivity index is 1.31. The summed E-state index contributed by atoms with van der Waals surface area (Å²) in [5.74, 6) is -0.952. The van der Waals surface area contributed by atoms with Crippen LogP contribution in [-0.4, -0.2) is 34.7 Å². The van der Waals surface area contributed by atoms with Crippen molar-refractivity contribution in [2.24, 2.45) is 18.4 Å². The third kappa shape index (κ3) is 7.04. The van der Waals surface area contributed by atoms with Gasteiger partial charge < -0.3 is 20.1 Å². The Morgan fingerprint density at radius 2 is 1.77 bits per heavy atom. The van der Waals surface area contributed by atoms with E-state index in [9.17, 15) is 18.0 Å². The van der Waals surface area contributed by atoms with Gasteiger partial charge in [0, 0.05) is 32.1 Å². The first-order chi connectivity index (χ1) is 20.3. The predicted octanol–water partition coefficient (Wildman–Crippen LogP) is 8.29. The van der Waals surface area contributed by atoms with E-state index in [1.165, 1.54) is 0 Å². The zero-order valence-corrected chi connectivity index (χ0v) is 25.7. The first-order valence-corrected chi connectivity index (χ1v) is 14.9. The molecule has 0 bridgehead atoms. The standard InChI is InChI=1S/C32H34Cl2F3N5O/c1-31(2,17-20-8-5-4-6-9-20)29(43)38-18-21-11-12-23(33)25(14-21)39-30-40-26-15-24(34)27(16-28(26)41(30)3)42-13-7-10-22(19-42)32(35,36)37/h4-6,8-9,11-12,14-16,22H,7,10,13,17-19H2,1-3H3,(H,38,43)(H,39,40). The van der Waals surface area contributed by atoms with E-state index in [0.29, 0.717) is 58.8 Å². The number of amides is 1. The number of aryl methyl sites for hydroxylation is 1. The van der Waals surface area contributed by atoms with Crippen molar-refractivity contribution >= 4 is 57.5 Å². The fraction of sp³-hybridized carbons (Fsp3) is 0.375. The molecule has 1 aromatic heterocycles. The van der Waals surface area contributed by atoms with E-state index in [4.69, 9.17) is 23.2 Å². The lowest BCUT2D eigenvalue weighted by molar-refractivity contribution is -0.176. The van der Waals surface area contributed by atoms with Crippen molar-refractivity contribution in [3.05, 3.63) is 81.8 Å². The SMILES string of the molecule is Cn1c(Nc2cc(CNC(=O)C(C)(C)Cc3ccccc3)ccc2Cl)nc2cc(Cl)c(N3CCCC(C(F)(F)F)C3)cc21. The van der Waals surface area contributed by atoms with E-state index in [1.807, 2.05) is 67.9 Å². The van der Waals surface area contributed by atoms with E-state index in [0.717, 1.165) is 16.6 Å². The number of imidazole rings is 1. The van der Waals surface area contributed by atoms with Crippen LogP contribution in [0.25, 0.3) is 11.0 Å². The average Bonchev–Trinajstić information content (AvgIpc) is 3.26. The number of piperidine rings is 1. The molecule has 11 heteroatoms. The lowest BCUT2D eigenvalue weighted by Crippen LogP contribution is -2.41. The highest BCUT2D eigenvalue weighted by Crippen LogP contribution is 2.39. The molecule has 4 aromatic rings. The second-order valence-electron chi connectivity index (χ2n) is 11.8. The minimum absolute atomic E-state index is 0.0564. The molecule has 0 radical (unpaired) electrons. The molecular formula is C32H34Cl2F3N5O. The molecule has 43 heavy (non-hydrogen) atoms. The number of hydrogen-bond acceptors (Lipinski definition) is 4. The maximum Gasteiger partial charge on any atom is 0.393 e. The average molecular weight is 633 g/mol. The molecular weight excluding hydrogens is 598 g/mol. The van der Waals surface area contributed by atoms with Crippen LogP contribution in [0.15, 0.2) is 60.7 Å². The van der Waals surface area contributed by atoms with Crippen LogP contribution < -0.4 is 15.5 Å². The zero-order chi connectivity index (χ0) is 30.9. The Morgan fingerprint density at radius 1 is 1.02 bits per heavy atom. The Kier molecular flexibility index (Phi) is 8.86. The summed E-state index contributed by atoms with van der Waals surface area (Å²) in [5, 5.41) is 7.13. The van der Waals surface area contributed by atoms with Crippen molar-refractivity contribution in [3.63, 3.8) is 0 Å². The van der Waals surface area contributed by atoms with Gasteiger partial charge in [0.15, 0.2) is 0 Å². The molecule has 5 rings (SSSR count). The van der Waals surface area contributed by atoms with Gasteiger partial charge in [-0.05, 0) is 54.7 Å². The molecule has 1 atom stereocenters. The predicted molar refractivity (Wildman–Crippen MR) is 167 cm³/mol. The number of carbonyl (C=O) groups is 1. The van der Waals surface area contributed by atoms with E-state index in [1.54, 1.807) is 23.1 Å². The first-order valence-electron chi connectivity index (χ1n) is 14.2. The second-order valence-corrected chi connectivity index (χ2v) is 12.6. The van der Waals surface area contributed by atoms with Crippen LogP contribution in [0, 0.1) is 11.3 Å². The number of rotatable bonds is 8. The number of nitrogens with zero attached hydrogens (tertiary/aromatic N) is 3. The van der Waals surface area contributed by atoms with Crippen molar-refractivity contribution < 1.29 is 18.0 Å². The van der Waals surface area contributed by atoms with E-state index < -0.39 is 17.5 Å². The molecule has 1 saturated heterocycles. The van der Waals surface area contributed by atoms with Crippen LogP contribution in [0.5, 0.6) is 0 Å². The van der Waals surface area contributed by atoms with Crippen LogP contribution in [0.4, 0.5) is 30.5 Å². The van der Waals surface area contributed by atoms with Gasteiger partial charge in [-0.25, -0.2) is 4.98 Å². The van der Waals surface area contributed by atoms with Gasteiger partial charge in [0.2, 0.25) is 11.9 Å². The number of anilines is 3. The fourth-order valence-electron chi connectivity index (χ4n) is 5.53. The normalized spacial score (nSPS) is 16.0. The summed E-state index contributed by atoms with van der Waals surface area (Å²) in [7, 11) is 1.82. The van der Waals surface area contributed by atoms with E-state index >= 15 is 0 Å². The summed E-state index contributed by atoms with van der Waals surface area (Å²) in [5.41, 5.74) is 3.83. The molecule has 1 fully saturated rings. The van der Waals surface area contributed by atoms with Gasteiger partial charge in [0.1, 0.15) is 0 Å². The van der Waals surface area contributed by atoms with E-state index in [2.05, 4.69) is 15.6 Å². The highest BCUT2D eigenvalue weighted by atomic mass is 35.5. The van der Waals surface area contributed by atoms with Crippen LogP contribution in [0.3, 0.4) is 0 Å². The molecule has 1 amide bonds. The first kappa shape index (κ1) is 31.0. The lowest BCUT2D eigenvalue weighted by Gasteiger charge is -2.35. The fourth-order valence-corrected chi connectivity index (χ4v) is 5.97. The van der Waals surface area contributed by atoms with Crippen molar-refractivity contribution in [3.8, 4) is 0 Å². The Morgan fingerprint density at radius 3 is 2.49 bits per heavy atom. The largest absolute Gasteiger partial charge is 0.393 e. The summed E-state index contributed by atoms with van der Waals surface area (Å²) >= 11 is 13.1. The molecule has 1 aliphatic heterocycles. The molecule has 1 aliphatic rings. The monoisotopic (exact) mass is 631 g/mol. The van der Waals surface area contributed by atoms with Crippen LogP contribution >= 0.6 is 23.2 Å². The number of halogens is 5.